The van der Waals surface area contributed by atoms with Crippen LogP contribution in [-0.2, 0) is 17.6 Å². The van der Waals surface area contributed by atoms with Crippen molar-refractivity contribution in [1.29, 1.82) is 5.26 Å². The fourth-order valence-electron chi connectivity index (χ4n) is 3.42. The Morgan fingerprint density at radius 1 is 1.32 bits per heavy atom. The van der Waals surface area contributed by atoms with E-state index in [0.717, 1.165) is 12.8 Å². The molecule has 3 atom stereocenters. The minimum Gasteiger partial charge on any atom is -0.389 e. The van der Waals surface area contributed by atoms with Crippen molar-refractivity contribution in [3.63, 3.8) is 0 Å². The molecule has 19 heavy (non-hydrogen) atoms. The van der Waals surface area contributed by atoms with Crippen molar-refractivity contribution in [2.75, 3.05) is 0 Å². The van der Waals surface area contributed by atoms with Crippen LogP contribution in [0.15, 0.2) is 24.3 Å². The van der Waals surface area contributed by atoms with E-state index < -0.39 is 11.5 Å². The molecule has 0 aromatic heterocycles. The third-order valence-corrected chi connectivity index (χ3v) is 4.54. The van der Waals surface area contributed by atoms with Crippen molar-refractivity contribution >= 4 is 0 Å². The lowest BCUT2D eigenvalue weighted by Gasteiger charge is -2.31. The van der Waals surface area contributed by atoms with Crippen LogP contribution < -0.4 is 0 Å². The number of aliphatic hydroxyl groups excluding tert-OH is 1. The molecule has 0 bridgehead atoms. The normalized spacial score (nSPS) is 29.7. The van der Waals surface area contributed by atoms with Gasteiger partial charge in [-0.3, -0.25) is 0 Å². The van der Waals surface area contributed by atoms with Crippen molar-refractivity contribution in [1.82, 2.24) is 0 Å². The number of hydrogen-bond acceptors (Lipinski definition) is 3. The molecule has 1 fully saturated rings. The summed E-state index contributed by atoms with van der Waals surface area (Å²) in [7, 11) is 0. The predicted molar refractivity (Wildman–Crippen MR) is 71.5 cm³/mol. The van der Waals surface area contributed by atoms with E-state index in [2.05, 4.69) is 18.2 Å². The van der Waals surface area contributed by atoms with Gasteiger partial charge >= 0.3 is 0 Å². The lowest BCUT2D eigenvalue weighted by molar-refractivity contribution is -0.0697. The van der Waals surface area contributed by atoms with Crippen LogP contribution >= 0.6 is 0 Å². The molecule has 100 valence electrons. The molecule has 1 aliphatic heterocycles. The van der Waals surface area contributed by atoms with Crippen LogP contribution in [0.1, 0.15) is 30.9 Å². The Balaban J connectivity index is 1.85. The van der Waals surface area contributed by atoms with Crippen LogP contribution in [-0.4, -0.2) is 23.4 Å². The average molecular weight is 257 g/mol. The summed E-state index contributed by atoms with van der Waals surface area (Å²) in [4.78, 5) is 0. The van der Waals surface area contributed by atoms with Crippen LogP contribution in [0.5, 0.6) is 0 Å². The predicted octanol–water partition coefficient (Wildman–Crippen LogP) is 2.22. The average Bonchev–Trinajstić information content (AvgIpc) is 3.01. The fourth-order valence-corrected chi connectivity index (χ4v) is 3.42. The highest BCUT2D eigenvalue weighted by Gasteiger charge is 2.48. The van der Waals surface area contributed by atoms with Crippen molar-refractivity contribution in [3.8, 4) is 6.07 Å². The van der Waals surface area contributed by atoms with E-state index in [-0.39, 0.29) is 12.2 Å². The first-order valence-electron chi connectivity index (χ1n) is 6.96. The van der Waals surface area contributed by atoms with Gasteiger partial charge in [0.25, 0.3) is 0 Å². The van der Waals surface area contributed by atoms with E-state index in [1.54, 1.807) is 0 Å². The van der Waals surface area contributed by atoms with Gasteiger partial charge in [-0.25, -0.2) is 0 Å². The molecule has 3 unspecified atom stereocenters. The summed E-state index contributed by atoms with van der Waals surface area (Å²) in [6, 6.07) is 10.5. The van der Waals surface area contributed by atoms with Gasteiger partial charge in [-0.1, -0.05) is 24.3 Å². The maximum absolute atomic E-state index is 10.6. The molecule has 0 spiro atoms. The van der Waals surface area contributed by atoms with E-state index in [1.807, 2.05) is 19.1 Å². The lowest BCUT2D eigenvalue weighted by atomic mass is 9.77. The molecule has 1 N–H and O–H groups in total. The molecule has 3 nitrogen and oxygen atoms in total. The molecule has 0 saturated carbocycles. The fraction of sp³-hybridized carbons (Fsp3) is 0.562. The third-order valence-electron chi connectivity index (χ3n) is 4.54. The molecule has 1 heterocycles. The quantitative estimate of drug-likeness (QED) is 0.884. The van der Waals surface area contributed by atoms with Crippen molar-refractivity contribution in [3.05, 3.63) is 35.4 Å². The first-order valence-corrected chi connectivity index (χ1v) is 6.96. The summed E-state index contributed by atoms with van der Waals surface area (Å²) < 4.78 is 5.76. The zero-order valence-corrected chi connectivity index (χ0v) is 11.2. The van der Waals surface area contributed by atoms with Crippen LogP contribution in [0.2, 0.25) is 0 Å². The third kappa shape index (κ3) is 2.05. The summed E-state index contributed by atoms with van der Waals surface area (Å²) in [6.07, 6.45) is 2.39. The molecular formula is C16H19NO2. The molecule has 0 amide bonds. The first-order chi connectivity index (χ1) is 9.14. The van der Waals surface area contributed by atoms with Crippen LogP contribution in [0.3, 0.4) is 0 Å². The maximum Gasteiger partial charge on any atom is 0.0994 e. The first kappa shape index (κ1) is 12.7. The van der Waals surface area contributed by atoms with Gasteiger partial charge in [0.05, 0.1) is 29.8 Å². The Bertz CT molecular complexity index is 495. The molecule has 0 radical (unpaired) electrons. The summed E-state index contributed by atoms with van der Waals surface area (Å²) in [5, 5.41) is 20.3. The number of rotatable bonds is 2. The van der Waals surface area contributed by atoms with Gasteiger partial charge in [-0.15, -0.1) is 0 Å². The second-order valence-corrected chi connectivity index (χ2v) is 5.90. The van der Waals surface area contributed by atoms with Crippen LogP contribution in [0.4, 0.5) is 0 Å². The highest BCUT2D eigenvalue weighted by molar-refractivity contribution is 5.38. The second kappa shape index (κ2) is 4.63. The van der Waals surface area contributed by atoms with Crippen molar-refractivity contribution < 1.29 is 9.84 Å². The minimum absolute atomic E-state index is 0.191. The summed E-state index contributed by atoms with van der Waals surface area (Å²) in [5.41, 5.74) is 1.67. The number of ether oxygens (including phenoxy) is 1. The highest BCUT2D eigenvalue weighted by atomic mass is 16.5. The molecule has 3 rings (SSSR count). The van der Waals surface area contributed by atoms with E-state index in [9.17, 15) is 10.4 Å². The van der Waals surface area contributed by atoms with Gasteiger partial charge in [-0.05, 0) is 43.7 Å². The molecule has 1 aliphatic carbocycles. The Morgan fingerprint density at radius 3 is 2.42 bits per heavy atom. The number of nitrogens with zero attached hydrogens (tertiary/aromatic N) is 1. The number of nitriles is 1. The number of fused-ring (bicyclic) bond motifs is 1. The van der Waals surface area contributed by atoms with Gasteiger partial charge in [0.15, 0.2) is 0 Å². The minimum atomic E-state index is -0.710. The number of aliphatic hydroxyl groups is 1. The zero-order valence-electron chi connectivity index (χ0n) is 11.2. The Labute approximate surface area is 113 Å². The smallest absolute Gasteiger partial charge is 0.0994 e. The molecular weight excluding hydrogens is 238 g/mol. The van der Waals surface area contributed by atoms with E-state index in [0.29, 0.717) is 12.8 Å². The molecule has 1 aromatic carbocycles. The highest BCUT2D eigenvalue weighted by Crippen LogP contribution is 2.42. The van der Waals surface area contributed by atoms with Gasteiger partial charge in [0.1, 0.15) is 0 Å². The Morgan fingerprint density at radius 2 is 1.95 bits per heavy atom. The molecule has 1 saturated heterocycles. The Hall–Kier alpha value is -1.37. The molecule has 3 heteroatoms. The maximum atomic E-state index is 10.6. The zero-order chi connectivity index (χ0) is 13.5. The van der Waals surface area contributed by atoms with Gasteiger partial charge in [-0.2, -0.15) is 5.26 Å². The van der Waals surface area contributed by atoms with Crippen LogP contribution in [0, 0.1) is 16.7 Å². The molecule has 1 aromatic rings. The van der Waals surface area contributed by atoms with Gasteiger partial charge < -0.3 is 9.84 Å². The van der Waals surface area contributed by atoms with E-state index >= 15 is 0 Å². The second-order valence-electron chi connectivity index (χ2n) is 5.90. The van der Waals surface area contributed by atoms with Gasteiger partial charge in [0, 0.05) is 0 Å². The van der Waals surface area contributed by atoms with Crippen molar-refractivity contribution in [2.45, 2.75) is 50.9 Å². The van der Waals surface area contributed by atoms with Gasteiger partial charge in [0.2, 0.25) is 0 Å². The van der Waals surface area contributed by atoms with Crippen molar-refractivity contribution in [2.24, 2.45) is 5.41 Å². The SMILES string of the molecule is CC1CCC(C(O)C2(C#N)Cc3ccccc3C2)O1. The monoisotopic (exact) mass is 257 g/mol. The molecule has 2 aliphatic rings. The topological polar surface area (TPSA) is 53.2 Å². The summed E-state index contributed by atoms with van der Waals surface area (Å²) >= 11 is 0. The standard InChI is InChI=1S/C16H19NO2/c1-11-6-7-14(19-11)15(18)16(10-17)8-12-4-2-3-5-13(12)9-16/h2-5,11,14-15,18H,6-9H2,1H3. The largest absolute Gasteiger partial charge is 0.389 e. The Kier molecular flexibility index (Phi) is 3.08. The van der Waals surface area contributed by atoms with Crippen LogP contribution in [0.25, 0.3) is 0 Å². The van der Waals surface area contributed by atoms with E-state index in [1.165, 1.54) is 11.1 Å². The number of hydrogen-bond donors (Lipinski definition) is 1. The summed E-state index contributed by atoms with van der Waals surface area (Å²) in [6.45, 7) is 2.02. The lowest BCUT2D eigenvalue weighted by Crippen LogP contribution is -2.43. The number of benzene rings is 1. The summed E-state index contributed by atoms with van der Waals surface area (Å²) in [5.74, 6) is 0. The van der Waals surface area contributed by atoms with E-state index in [4.69, 9.17) is 4.74 Å².